The zero-order valence-corrected chi connectivity index (χ0v) is 23.8. The minimum atomic E-state index is -4.10. The summed E-state index contributed by atoms with van der Waals surface area (Å²) in [6.07, 6.45) is -1.31. The molecular weight excluding hydrogens is 558 g/mol. The van der Waals surface area contributed by atoms with Gasteiger partial charge in [-0.25, -0.2) is 13.2 Å². The number of nitrogens with zero attached hydrogens (tertiary/aromatic N) is 2. The Morgan fingerprint density at radius 1 is 0.905 bits per heavy atom. The Morgan fingerprint density at radius 3 is 2.14 bits per heavy atom. The summed E-state index contributed by atoms with van der Waals surface area (Å²) in [7, 11) is -4.10. The molecule has 1 aliphatic carbocycles. The van der Waals surface area contributed by atoms with Crippen LogP contribution in [0.3, 0.4) is 0 Å². The van der Waals surface area contributed by atoms with E-state index < -0.39 is 57.5 Å². The van der Waals surface area contributed by atoms with Crippen molar-refractivity contribution in [3.05, 3.63) is 96.1 Å². The highest BCUT2D eigenvalue weighted by molar-refractivity contribution is 7.89. The summed E-state index contributed by atoms with van der Waals surface area (Å²) in [6.45, 7) is 1.22. The molecule has 3 fully saturated rings. The molecule has 0 aromatic heterocycles. The molecule has 1 saturated carbocycles. The number of nitrogens with one attached hydrogen (secondary N) is 1. The molecule has 0 unspecified atom stereocenters. The lowest BCUT2D eigenvalue weighted by Gasteiger charge is -2.46. The first-order chi connectivity index (χ1) is 20.0. The van der Waals surface area contributed by atoms with Crippen molar-refractivity contribution in [2.75, 3.05) is 18.0 Å². The largest absolute Gasteiger partial charge is 0.438 e. The van der Waals surface area contributed by atoms with Gasteiger partial charge in [-0.1, -0.05) is 66.2 Å². The van der Waals surface area contributed by atoms with E-state index in [-0.39, 0.29) is 30.8 Å². The van der Waals surface area contributed by atoms with Crippen molar-refractivity contribution in [2.24, 2.45) is 11.8 Å². The number of hydrogen-bond donors (Lipinski definition) is 2. The molecule has 2 aliphatic heterocycles. The molecule has 0 bridgehead atoms. The van der Waals surface area contributed by atoms with Crippen LogP contribution in [-0.2, 0) is 30.9 Å². The fourth-order valence-electron chi connectivity index (χ4n) is 6.40. The van der Waals surface area contributed by atoms with Gasteiger partial charge in [0.1, 0.15) is 5.60 Å². The quantitative estimate of drug-likeness (QED) is 0.423. The van der Waals surface area contributed by atoms with E-state index in [1.807, 2.05) is 37.3 Å². The van der Waals surface area contributed by atoms with Crippen LogP contribution in [0.15, 0.2) is 89.8 Å². The van der Waals surface area contributed by atoms with E-state index in [0.717, 1.165) is 20.3 Å². The second-order valence-electron chi connectivity index (χ2n) is 11.3. The van der Waals surface area contributed by atoms with E-state index in [1.165, 1.54) is 12.1 Å². The van der Waals surface area contributed by atoms with Crippen LogP contribution in [0.5, 0.6) is 0 Å². The number of aliphatic hydroxyl groups is 1. The van der Waals surface area contributed by atoms with Crippen LogP contribution in [-0.4, -0.2) is 60.0 Å². The summed E-state index contributed by atoms with van der Waals surface area (Å²) in [4.78, 5) is 41.5. The van der Waals surface area contributed by atoms with Gasteiger partial charge < -0.3 is 15.2 Å². The van der Waals surface area contributed by atoms with E-state index >= 15 is 0 Å². The zero-order chi connectivity index (χ0) is 29.7. The van der Waals surface area contributed by atoms with E-state index in [9.17, 15) is 27.9 Å². The third kappa shape index (κ3) is 4.67. The molecule has 3 aromatic rings. The lowest BCUT2D eigenvalue weighted by molar-refractivity contribution is -0.170. The van der Waals surface area contributed by atoms with Gasteiger partial charge in [-0.15, -0.1) is 0 Å². The number of sulfonamides is 1. The molecule has 0 spiro atoms. The van der Waals surface area contributed by atoms with E-state index in [4.69, 9.17) is 4.74 Å². The second-order valence-corrected chi connectivity index (χ2v) is 13.2. The van der Waals surface area contributed by atoms with Crippen molar-refractivity contribution >= 4 is 33.6 Å². The number of para-hydroxylation sites is 1. The van der Waals surface area contributed by atoms with Gasteiger partial charge >= 0.3 is 6.09 Å². The number of carbonyl (C=O) groups is 3. The molecule has 2 saturated heterocycles. The molecule has 218 valence electrons. The Bertz CT molecular complexity index is 1630. The van der Waals surface area contributed by atoms with Crippen LogP contribution in [0.4, 0.5) is 10.5 Å². The Hall–Kier alpha value is -4.06. The number of ether oxygens (including phenoxy) is 1. The summed E-state index contributed by atoms with van der Waals surface area (Å²) in [6, 6.07) is 24.0. The van der Waals surface area contributed by atoms with Crippen molar-refractivity contribution in [3.63, 3.8) is 0 Å². The van der Waals surface area contributed by atoms with Gasteiger partial charge in [0.05, 0.1) is 29.0 Å². The average molecular weight is 590 g/mol. The van der Waals surface area contributed by atoms with Gasteiger partial charge in [0, 0.05) is 19.5 Å². The van der Waals surface area contributed by atoms with Crippen LogP contribution < -0.4 is 10.2 Å². The highest BCUT2D eigenvalue weighted by Gasteiger charge is 2.70. The fraction of sp³-hybridized carbons (Fsp3) is 0.323. The summed E-state index contributed by atoms with van der Waals surface area (Å²) < 4.78 is 34.4. The molecule has 42 heavy (non-hydrogen) atoms. The minimum Gasteiger partial charge on any atom is -0.438 e. The summed E-state index contributed by atoms with van der Waals surface area (Å²) >= 11 is 0. The first-order valence-corrected chi connectivity index (χ1v) is 15.2. The first-order valence-electron chi connectivity index (χ1n) is 13.8. The molecule has 3 aromatic carbocycles. The maximum absolute atomic E-state index is 13.7. The number of rotatable bonds is 6. The van der Waals surface area contributed by atoms with Gasteiger partial charge in [0.25, 0.3) is 0 Å². The topological polar surface area (TPSA) is 133 Å². The molecular formula is C31H31N3O7S. The summed E-state index contributed by atoms with van der Waals surface area (Å²) in [5.74, 6) is -2.73. The number of alkyl carbamates (subject to hydrolysis) is 1. The van der Waals surface area contributed by atoms with Crippen LogP contribution in [0, 0.1) is 18.8 Å². The lowest BCUT2D eigenvalue weighted by Crippen LogP contribution is -2.62. The van der Waals surface area contributed by atoms with Gasteiger partial charge in [-0.05, 0) is 43.2 Å². The highest BCUT2D eigenvalue weighted by atomic mass is 32.2. The number of imide groups is 1. The number of anilines is 1. The Kier molecular flexibility index (Phi) is 6.91. The lowest BCUT2D eigenvalue weighted by atomic mass is 9.65. The maximum Gasteiger partial charge on any atom is 0.408 e. The van der Waals surface area contributed by atoms with Crippen LogP contribution in [0.1, 0.15) is 24.0 Å². The SMILES string of the molecule is Cc1ccc(S(=O)(=O)N2C[C@]3(O)C[C@@H]4C(=O)N(c5ccccc5)C(=O)[C@@H]4C[C@]3(OC(=O)NCc3ccccc3)C2)cc1. The number of β-amino-alcohol motifs (C(OH)–C–C–N with tert-alkyl or cyclic N) is 1. The molecule has 4 atom stereocenters. The maximum atomic E-state index is 13.7. The monoisotopic (exact) mass is 589 g/mol. The molecule has 3 aliphatic rings. The van der Waals surface area contributed by atoms with Crippen molar-refractivity contribution in [1.82, 2.24) is 9.62 Å². The molecule has 10 nitrogen and oxygen atoms in total. The Balaban J connectivity index is 1.33. The predicted molar refractivity (Wildman–Crippen MR) is 153 cm³/mol. The van der Waals surface area contributed by atoms with Crippen LogP contribution in [0.2, 0.25) is 0 Å². The third-order valence-corrected chi connectivity index (χ3v) is 10.4. The number of amides is 3. The van der Waals surface area contributed by atoms with Gasteiger partial charge in [0.15, 0.2) is 5.60 Å². The molecule has 0 radical (unpaired) electrons. The van der Waals surface area contributed by atoms with Gasteiger partial charge in [-0.3, -0.25) is 14.5 Å². The van der Waals surface area contributed by atoms with Crippen molar-refractivity contribution in [1.29, 1.82) is 0 Å². The molecule has 2 N–H and O–H groups in total. The van der Waals surface area contributed by atoms with E-state index in [1.54, 1.807) is 42.5 Å². The summed E-state index contributed by atoms with van der Waals surface area (Å²) in [5, 5.41) is 14.8. The number of benzene rings is 3. The number of carbonyl (C=O) groups excluding carboxylic acids is 3. The Labute approximate surface area is 243 Å². The second kappa shape index (κ2) is 10.3. The van der Waals surface area contributed by atoms with Gasteiger partial charge in [0.2, 0.25) is 21.8 Å². The normalized spacial score (nSPS) is 27.4. The standard InChI is InChI=1S/C31H31N3O7S/c1-21-12-14-24(15-13-21)42(39,40)33-19-30(38)16-25-26(28(36)34(27(25)35)23-10-6-3-7-11-23)17-31(30,20-33)41-29(37)32-18-22-8-4-2-5-9-22/h2-15,25-26,38H,16-20H2,1H3,(H,32,37)/t25-,26+,30+,31-/m0/s1. The first kappa shape index (κ1) is 28.1. The zero-order valence-electron chi connectivity index (χ0n) is 23.0. The predicted octanol–water partition coefficient (Wildman–Crippen LogP) is 3.00. The van der Waals surface area contributed by atoms with Crippen molar-refractivity contribution in [2.45, 2.75) is 42.4 Å². The molecule has 6 rings (SSSR count). The number of fused-ring (bicyclic) bond motifs is 2. The fourth-order valence-corrected chi connectivity index (χ4v) is 7.95. The van der Waals surface area contributed by atoms with Crippen molar-refractivity contribution in [3.8, 4) is 0 Å². The number of aryl methyl sites for hydroxylation is 1. The number of hydrogen-bond acceptors (Lipinski definition) is 7. The highest BCUT2D eigenvalue weighted by Crippen LogP contribution is 2.54. The van der Waals surface area contributed by atoms with Crippen LogP contribution >= 0.6 is 0 Å². The molecule has 3 amide bonds. The third-order valence-electron chi connectivity index (χ3n) is 8.63. The van der Waals surface area contributed by atoms with E-state index in [2.05, 4.69) is 5.32 Å². The Morgan fingerprint density at radius 2 is 1.50 bits per heavy atom. The van der Waals surface area contributed by atoms with Crippen molar-refractivity contribution < 1.29 is 32.6 Å². The minimum absolute atomic E-state index is 0.0293. The molecule has 11 heteroatoms. The van der Waals surface area contributed by atoms with Crippen LogP contribution in [0.25, 0.3) is 0 Å². The average Bonchev–Trinajstić information content (AvgIpc) is 3.40. The van der Waals surface area contributed by atoms with Gasteiger partial charge in [-0.2, -0.15) is 4.31 Å². The molecule has 2 heterocycles. The summed E-state index contributed by atoms with van der Waals surface area (Å²) in [5.41, 5.74) is -1.58. The van der Waals surface area contributed by atoms with E-state index in [0.29, 0.717) is 5.69 Å². The smallest absolute Gasteiger partial charge is 0.408 e.